The molecule has 29 heavy (non-hydrogen) atoms. The minimum atomic E-state index is -0.354. The van der Waals surface area contributed by atoms with Crippen LogP contribution in [0.5, 0.6) is 0 Å². The zero-order valence-corrected chi connectivity index (χ0v) is 16.8. The van der Waals surface area contributed by atoms with Gasteiger partial charge in [-0.2, -0.15) is 10.2 Å². The van der Waals surface area contributed by atoms with E-state index < -0.39 is 0 Å². The minimum absolute atomic E-state index is 0.0693. The van der Waals surface area contributed by atoms with Gasteiger partial charge in [-0.05, 0) is 75.8 Å². The molecule has 8 nitrogen and oxygen atoms in total. The van der Waals surface area contributed by atoms with Crippen LogP contribution in [0.1, 0.15) is 49.8 Å². The number of nitrogens with zero attached hydrogens (tertiary/aromatic N) is 5. The Bertz CT molecular complexity index is 1100. The van der Waals surface area contributed by atoms with Crippen molar-refractivity contribution in [2.45, 2.75) is 57.9 Å². The number of H-pyrrole nitrogens is 1. The fraction of sp³-hybridized carbons (Fsp3) is 0.571. The first-order valence-electron chi connectivity index (χ1n) is 10.5. The maximum absolute atomic E-state index is 13.7. The molecule has 4 saturated carbocycles. The molecule has 4 aliphatic rings. The number of hydrogen-bond donors (Lipinski definition) is 2. The van der Waals surface area contributed by atoms with Crippen LogP contribution in [0, 0.1) is 31.1 Å². The molecule has 0 aromatic carbocycles. The Kier molecular flexibility index (Phi) is 3.33. The molecular formula is C21H25N7O. The summed E-state index contributed by atoms with van der Waals surface area (Å²) >= 11 is 0. The molecule has 0 radical (unpaired) electrons. The van der Waals surface area contributed by atoms with Gasteiger partial charge < -0.3 is 5.32 Å². The van der Waals surface area contributed by atoms with E-state index in [4.69, 9.17) is 0 Å². The second-order valence-electron chi connectivity index (χ2n) is 9.64. The van der Waals surface area contributed by atoms with Crippen molar-refractivity contribution in [2.75, 3.05) is 5.32 Å². The highest BCUT2D eigenvalue weighted by Gasteiger charge is 2.61. The van der Waals surface area contributed by atoms with E-state index >= 15 is 0 Å². The zero-order chi connectivity index (χ0) is 19.8. The molecule has 4 fully saturated rings. The van der Waals surface area contributed by atoms with E-state index in [1.165, 1.54) is 6.42 Å². The lowest BCUT2D eigenvalue weighted by atomic mass is 9.46. The second kappa shape index (κ2) is 5.64. The van der Waals surface area contributed by atoms with Crippen molar-refractivity contribution in [3.05, 3.63) is 30.0 Å². The van der Waals surface area contributed by atoms with Crippen LogP contribution in [0.4, 0.5) is 5.82 Å². The molecule has 7 rings (SSSR count). The molecule has 0 spiro atoms. The standard InChI is InChI=1S/C21H25N7O/c1-12-3-13(2)24-17-16(12)18(27-26-17)25-19(29)20-5-14-4-15(6-20)8-21(7-14,9-20)28-11-22-10-23-28/h3,10-11,14-15H,4-9H2,1-2H3,(H2,24,25,26,27,29)/t14-,15-,20?,21?/m1/s1. The third-order valence-electron chi connectivity index (χ3n) is 7.50. The van der Waals surface area contributed by atoms with Gasteiger partial charge in [0.1, 0.15) is 12.7 Å². The molecule has 150 valence electrons. The van der Waals surface area contributed by atoms with E-state index in [9.17, 15) is 4.79 Å². The monoisotopic (exact) mass is 391 g/mol. The predicted molar refractivity (Wildman–Crippen MR) is 107 cm³/mol. The van der Waals surface area contributed by atoms with Crippen LogP contribution in [0.3, 0.4) is 0 Å². The number of nitrogens with one attached hydrogen (secondary N) is 2. The quantitative estimate of drug-likeness (QED) is 0.714. The largest absolute Gasteiger partial charge is 0.308 e. The molecule has 0 saturated heterocycles. The summed E-state index contributed by atoms with van der Waals surface area (Å²) in [6.07, 6.45) is 9.65. The fourth-order valence-corrected chi connectivity index (χ4v) is 6.91. The van der Waals surface area contributed by atoms with Crippen molar-refractivity contribution in [1.82, 2.24) is 29.9 Å². The van der Waals surface area contributed by atoms with Crippen molar-refractivity contribution in [3.63, 3.8) is 0 Å². The Morgan fingerprint density at radius 1 is 1.24 bits per heavy atom. The van der Waals surface area contributed by atoms with Gasteiger partial charge in [0.2, 0.25) is 5.91 Å². The van der Waals surface area contributed by atoms with Gasteiger partial charge in [0.05, 0.1) is 16.3 Å². The summed E-state index contributed by atoms with van der Waals surface area (Å²) < 4.78 is 2.04. The molecule has 8 heteroatoms. The first-order valence-corrected chi connectivity index (χ1v) is 10.5. The Balaban J connectivity index is 1.36. The average Bonchev–Trinajstić information content (AvgIpc) is 3.31. The number of fused-ring (bicyclic) bond motifs is 1. The number of anilines is 1. The molecule has 0 aliphatic heterocycles. The Morgan fingerprint density at radius 2 is 2.03 bits per heavy atom. The lowest BCUT2D eigenvalue weighted by molar-refractivity contribution is -0.150. The third kappa shape index (κ3) is 2.41. The normalized spacial score (nSPS) is 32.8. The van der Waals surface area contributed by atoms with Crippen LogP contribution in [0.15, 0.2) is 18.7 Å². The van der Waals surface area contributed by atoms with Gasteiger partial charge in [0.15, 0.2) is 11.5 Å². The summed E-state index contributed by atoms with van der Waals surface area (Å²) in [6.45, 7) is 4.00. The number of rotatable bonds is 3. The molecule has 2 N–H and O–H groups in total. The lowest BCUT2D eigenvalue weighted by Crippen LogP contribution is -2.60. The Morgan fingerprint density at radius 3 is 2.76 bits per heavy atom. The number of aromatic amines is 1. The number of pyridine rings is 1. The van der Waals surface area contributed by atoms with Crippen LogP contribution < -0.4 is 5.32 Å². The van der Waals surface area contributed by atoms with E-state index in [1.54, 1.807) is 6.33 Å². The summed E-state index contributed by atoms with van der Waals surface area (Å²) in [7, 11) is 0. The van der Waals surface area contributed by atoms with E-state index in [0.717, 1.165) is 54.4 Å². The third-order valence-corrected chi connectivity index (χ3v) is 7.50. The smallest absolute Gasteiger partial charge is 0.231 e. The van der Waals surface area contributed by atoms with Gasteiger partial charge in [0.25, 0.3) is 0 Å². The zero-order valence-electron chi connectivity index (χ0n) is 16.8. The highest BCUT2D eigenvalue weighted by Crippen LogP contribution is 2.64. The van der Waals surface area contributed by atoms with Crippen molar-refractivity contribution in [1.29, 1.82) is 0 Å². The molecular weight excluding hydrogens is 366 g/mol. The Labute approximate surface area is 168 Å². The highest BCUT2D eigenvalue weighted by molar-refractivity contribution is 6.02. The van der Waals surface area contributed by atoms with Crippen molar-refractivity contribution >= 4 is 22.8 Å². The molecule has 4 bridgehead atoms. The number of carbonyl (C=O) groups excluding carboxylic acids is 1. The van der Waals surface area contributed by atoms with Crippen LogP contribution in [-0.4, -0.2) is 35.9 Å². The number of hydrogen-bond acceptors (Lipinski definition) is 5. The summed E-state index contributed by atoms with van der Waals surface area (Å²) in [6, 6.07) is 2.03. The van der Waals surface area contributed by atoms with Crippen LogP contribution in [0.25, 0.3) is 11.0 Å². The first-order chi connectivity index (χ1) is 14.0. The molecule has 2 atom stereocenters. The van der Waals surface area contributed by atoms with Crippen LogP contribution in [-0.2, 0) is 10.3 Å². The number of aryl methyl sites for hydroxylation is 2. The van der Waals surface area contributed by atoms with Crippen molar-refractivity contribution in [2.24, 2.45) is 17.3 Å². The summed E-state index contributed by atoms with van der Waals surface area (Å²) in [5, 5.41) is 15.9. The van der Waals surface area contributed by atoms with Crippen molar-refractivity contribution in [3.8, 4) is 0 Å². The van der Waals surface area contributed by atoms with Crippen molar-refractivity contribution < 1.29 is 4.79 Å². The maximum Gasteiger partial charge on any atom is 0.231 e. The number of aromatic nitrogens is 6. The van der Waals surface area contributed by atoms with Gasteiger partial charge in [-0.3, -0.25) is 9.89 Å². The number of amides is 1. The maximum atomic E-state index is 13.7. The first kappa shape index (κ1) is 17.1. The van der Waals surface area contributed by atoms with E-state index in [0.29, 0.717) is 17.7 Å². The van der Waals surface area contributed by atoms with Gasteiger partial charge >= 0.3 is 0 Å². The fourth-order valence-electron chi connectivity index (χ4n) is 6.91. The molecule has 3 aromatic heterocycles. The predicted octanol–water partition coefficient (Wildman–Crippen LogP) is 3.10. The minimum Gasteiger partial charge on any atom is -0.308 e. The summed E-state index contributed by atoms with van der Waals surface area (Å²) in [5.41, 5.74) is 2.31. The molecule has 4 aliphatic carbocycles. The molecule has 3 heterocycles. The highest BCUT2D eigenvalue weighted by atomic mass is 16.2. The van der Waals surface area contributed by atoms with E-state index in [1.807, 2.05) is 30.9 Å². The average molecular weight is 391 g/mol. The van der Waals surface area contributed by atoms with Gasteiger partial charge in [-0.1, -0.05) is 0 Å². The topological polar surface area (TPSA) is 101 Å². The van der Waals surface area contributed by atoms with Crippen LogP contribution in [0.2, 0.25) is 0 Å². The molecule has 1 amide bonds. The summed E-state index contributed by atoms with van der Waals surface area (Å²) in [5.74, 6) is 1.85. The molecule has 3 aromatic rings. The van der Waals surface area contributed by atoms with E-state index in [-0.39, 0.29) is 16.9 Å². The van der Waals surface area contributed by atoms with Crippen LogP contribution >= 0.6 is 0 Å². The van der Waals surface area contributed by atoms with Gasteiger partial charge in [0, 0.05) is 5.69 Å². The number of carbonyl (C=O) groups is 1. The summed E-state index contributed by atoms with van der Waals surface area (Å²) in [4.78, 5) is 22.4. The van der Waals surface area contributed by atoms with Gasteiger partial charge in [-0.15, -0.1) is 0 Å². The van der Waals surface area contributed by atoms with Gasteiger partial charge in [-0.25, -0.2) is 14.6 Å². The van der Waals surface area contributed by atoms with E-state index in [2.05, 4.69) is 30.6 Å². The SMILES string of the molecule is Cc1cc(C)c2c(NC(=O)C34C[C@H]5C[C@H](C3)CC(n3cncn3)(C5)C4)n[nH]c2n1. The molecule has 0 unspecified atom stereocenters. The second-order valence-corrected chi connectivity index (χ2v) is 9.64. The lowest BCUT2D eigenvalue weighted by Gasteiger charge is -2.60. The Hall–Kier alpha value is -2.77.